The van der Waals surface area contributed by atoms with Gasteiger partial charge in [0, 0.05) is 30.5 Å². The molecule has 33 heavy (non-hydrogen) atoms. The lowest BCUT2D eigenvalue weighted by Crippen LogP contribution is -2.30. The molecule has 2 aromatic rings. The number of amides is 1. The van der Waals surface area contributed by atoms with Crippen molar-refractivity contribution in [2.75, 3.05) is 32.9 Å². The molecule has 1 aromatic carbocycles. The molecule has 0 atom stereocenters. The number of carbonyl (C=O) groups is 2. The van der Waals surface area contributed by atoms with Gasteiger partial charge in [-0.05, 0) is 42.8 Å². The topological polar surface area (TPSA) is 120 Å². The van der Waals surface area contributed by atoms with E-state index < -0.39 is 16.0 Å². The maximum Gasteiger partial charge on any atom is 0.306 e. The van der Waals surface area contributed by atoms with Gasteiger partial charge in [0.1, 0.15) is 13.2 Å². The number of nitrogens with one attached hydrogen (secondary N) is 2. The molecule has 0 fully saturated rings. The Labute approximate surface area is 197 Å². The van der Waals surface area contributed by atoms with Crippen molar-refractivity contribution in [2.24, 2.45) is 0 Å². The van der Waals surface area contributed by atoms with Crippen LogP contribution in [0.15, 0.2) is 40.6 Å². The van der Waals surface area contributed by atoms with Gasteiger partial charge in [-0.15, -0.1) is 11.3 Å². The number of esters is 1. The molecule has 2 heterocycles. The first kappa shape index (κ1) is 25.0. The lowest BCUT2D eigenvalue weighted by atomic mass is 10.2. The molecule has 11 heteroatoms. The number of rotatable bonds is 13. The number of carbonyl (C=O) groups excluding carboxylic acids is 2. The van der Waals surface area contributed by atoms with Crippen molar-refractivity contribution < 1.29 is 32.2 Å². The Balaban J connectivity index is 1.24. The Hall–Kier alpha value is -2.63. The van der Waals surface area contributed by atoms with Crippen molar-refractivity contribution in [3.63, 3.8) is 0 Å². The van der Waals surface area contributed by atoms with Crippen molar-refractivity contribution in [1.29, 1.82) is 0 Å². The molecule has 0 unspecified atom stereocenters. The average molecular weight is 497 g/mol. The molecule has 0 saturated carbocycles. The summed E-state index contributed by atoms with van der Waals surface area (Å²) < 4.78 is 43.2. The SMILES string of the molecule is O=C(COC(=O)CCCCCNS(=O)(=O)c1ccc2c(c1)OCCO2)NCCc1cccs1. The molecule has 0 aliphatic carbocycles. The number of ether oxygens (including phenoxy) is 3. The molecule has 1 aliphatic heterocycles. The maximum absolute atomic E-state index is 12.4. The van der Waals surface area contributed by atoms with Crippen LogP contribution in [0.3, 0.4) is 0 Å². The lowest BCUT2D eigenvalue weighted by Gasteiger charge is -2.18. The molecule has 0 radical (unpaired) electrons. The van der Waals surface area contributed by atoms with Gasteiger partial charge in [0.15, 0.2) is 18.1 Å². The number of unbranched alkanes of at least 4 members (excludes halogenated alkanes) is 2. The molecule has 1 aliphatic rings. The van der Waals surface area contributed by atoms with Gasteiger partial charge < -0.3 is 19.5 Å². The number of sulfonamides is 1. The van der Waals surface area contributed by atoms with Gasteiger partial charge in [-0.2, -0.15) is 0 Å². The predicted molar refractivity (Wildman–Crippen MR) is 123 cm³/mol. The van der Waals surface area contributed by atoms with E-state index >= 15 is 0 Å². The molecule has 2 N–H and O–H groups in total. The number of benzene rings is 1. The van der Waals surface area contributed by atoms with Crippen LogP contribution in [0.5, 0.6) is 11.5 Å². The van der Waals surface area contributed by atoms with E-state index in [9.17, 15) is 18.0 Å². The van der Waals surface area contributed by atoms with Crippen LogP contribution in [0.25, 0.3) is 0 Å². The van der Waals surface area contributed by atoms with Crippen molar-refractivity contribution in [3.05, 3.63) is 40.6 Å². The number of hydrogen-bond donors (Lipinski definition) is 2. The zero-order chi connectivity index (χ0) is 23.5. The van der Waals surface area contributed by atoms with Crippen LogP contribution in [0.1, 0.15) is 30.6 Å². The van der Waals surface area contributed by atoms with Crippen LogP contribution in [0, 0.1) is 0 Å². The Morgan fingerprint density at radius 2 is 1.85 bits per heavy atom. The van der Waals surface area contributed by atoms with Crippen molar-refractivity contribution in [3.8, 4) is 11.5 Å². The highest BCUT2D eigenvalue weighted by atomic mass is 32.2. The molecule has 3 rings (SSSR count). The van der Waals surface area contributed by atoms with E-state index in [-0.39, 0.29) is 30.4 Å². The van der Waals surface area contributed by atoms with Crippen LogP contribution < -0.4 is 19.5 Å². The molecule has 180 valence electrons. The zero-order valence-corrected chi connectivity index (χ0v) is 19.8. The molecule has 0 spiro atoms. The molecule has 1 amide bonds. The Morgan fingerprint density at radius 1 is 1.03 bits per heavy atom. The summed E-state index contributed by atoms with van der Waals surface area (Å²) in [5.41, 5.74) is 0. The first-order valence-electron chi connectivity index (χ1n) is 10.8. The summed E-state index contributed by atoms with van der Waals surface area (Å²) in [4.78, 5) is 24.8. The average Bonchev–Trinajstić information content (AvgIpc) is 3.33. The van der Waals surface area contributed by atoms with E-state index in [1.54, 1.807) is 17.4 Å². The van der Waals surface area contributed by atoms with Gasteiger partial charge in [0.2, 0.25) is 10.0 Å². The second-order valence-electron chi connectivity index (χ2n) is 7.35. The van der Waals surface area contributed by atoms with E-state index in [2.05, 4.69) is 10.0 Å². The normalized spacial score (nSPS) is 12.8. The summed E-state index contributed by atoms with van der Waals surface area (Å²) in [5, 5.41) is 4.70. The molecule has 0 saturated heterocycles. The Morgan fingerprint density at radius 3 is 2.64 bits per heavy atom. The minimum atomic E-state index is -3.66. The quantitative estimate of drug-likeness (QED) is 0.322. The highest BCUT2D eigenvalue weighted by Gasteiger charge is 2.19. The molecular formula is C22H28N2O7S2. The van der Waals surface area contributed by atoms with E-state index in [1.165, 1.54) is 17.0 Å². The van der Waals surface area contributed by atoms with E-state index in [4.69, 9.17) is 14.2 Å². The Bertz CT molecular complexity index is 1020. The van der Waals surface area contributed by atoms with Gasteiger partial charge in [-0.25, -0.2) is 13.1 Å². The number of hydrogen-bond acceptors (Lipinski definition) is 8. The van der Waals surface area contributed by atoms with Crippen LogP contribution in [0.4, 0.5) is 0 Å². The molecular weight excluding hydrogens is 468 g/mol. The largest absolute Gasteiger partial charge is 0.486 e. The van der Waals surface area contributed by atoms with Gasteiger partial charge in [0.25, 0.3) is 5.91 Å². The first-order chi connectivity index (χ1) is 15.9. The number of fused-ring (bicyclic) bond motifs is 1. The van der Waals surface area contributed by atoms with E-state index in [1.807, 2.05) is 17.5 Å². The fraction of sp³-hybridized carbons (Fsp3) is 0.455. The molecule has 0 bridgehead atoms. The standard InChI is InChI=1S/C22H28N2O7S2/c25-21(23-11-9-17-5-4-14-32-17)16-31-22(26)6-2-1-3-10-24-33(27,28)18-7-8-19-20(15-18)30-13-12-29-19/h4-5,7-8,14-15,24H,1-3,6,9-13,16H2,(H,23,25). The van der Waals surface area contributed by atoms with Crippen LogP contribution in [0.2, 0.25) is 0 Å². The third-order valence-corrected chi connectivity index (χ3v) is 7.21. The number of thiophene rings is 1. The highest BCUT2D eigenvalue weighted by molar-refractivity contribution is 7.89. The Kier molecular flexibility index (Phi) is 9.52. The summed E-state index contributed by atoms with van der Waals surface area (Å²) in [6.07, 6.45) is 2.68. The second kappa shape index (κ2) is 12.6. The van der Waals surface area contributed by atoms with Gasteiger partial charge in [-0.1, -0.05) is 12.5 Å². The summed E-state index contributed by atoms with van der Waals surface area (Å²) in [7, 11) is -3.66. The zero-order valence-electron chi connectivity index (χ0n) is 18.2. The fourth-order valence-corrected chi connectivity index (χ4v) is 4.90. The smallest absolute Gasteiger partial charge is 0.306 e. The second-order valence-corrected chi connectivity index (χ2v) is 10.2. The third kappa shape index (κ3) is 8.34. The third-order valence-electron chi connectivity index (χ3n) is 4.81. The summed E-state index contributed by atoms with van der Waals surface area (Å²) in [6.45, 7) is 1.27. The van der Waals surface area contributed by atoms with Crippen LogP contribution in [-0.2, 0) is 30.8 Å². The highest BCUT2D eigenvalue weighted by Crippen LogP contribution is 2.32. The summed E-state index contributed by atoms with van der Waals surface area (Å²) >= 11 is 1.63. The van der Waals surface area contributed by atoms with Crippen molar-refractivity contribution in [1.82, 2.24) is 10.0 Å². The summed E-state index contributed by atoms with van der Waals surface area (Å²) in [5.74, 6) is 0.176. The summed E-state index contributed by atoms with van der Waals surface area (Å²) in [6, 6.07) is 8.47. The first-order valence-corrected chi connectivity index (χ1v) is 13.1. The van der Waals surface area contributed by atoms with Crippen LogP contribution >= 0.6 is 11.3 Å². The van der Waals surface area contributed by atoms with Crippen molar-refractivity contribution in [2.45, 2.75) is 37.0 Å². The van der Waals surface area contributed by atoms with Gasteiger partial charge in [0.05, 0.1) is 4.90 Å². The lowest BCUT2D eigenvalue weighted by molar-refractivity contribution is -0.148. The van der Waals surface area contributed by atoms with E-state index in [0.717, 1.165) is 6.42 Å². The van der Waals surface area contributed by atoms with Crippen molar-refractivity contribution >= 4 is 33.2 Å². The fourth-order valence-electron chi connectivity index (χ4n) is 3.10. The molecule has 1 aromatic heterocycles. The minimum absolute atomic E-state index is 0.115. The van der Waals surface area contributed by atoms with Gasteiger partial charge >= 0.3 is 5.97 Å². The van der Waals surface area contributed by atoms with E-state index in [0.29, 0.717) is 50.5 Å². The monoisotopic (exact) mass is 496 g/mol. The predicted octanol–water partition coefficient (Wildman–Crippen LogP) is 2.26. The minimum Gasteiger partial charge on any atom is -0.486 e. The van der Waals surface area contributed by atoms with Crippen LogP contribution in [-0.4, -0.2) is 53.2 Å². The van der Waals surface area contributed by atoms with Gasteiger partial charge in [-0.3, -0.25) is 9.59 Å². The molecule has 9 nitrogen and oxygen atoms in total. The maximum atomic E-state index is 12.4.